The summed E-state index contributed by atoms with van der Waals surface area (Å²) in [5, 5.41) is 3.05. The maximum atomic E-state index is 12.2. The first-order valence-corrected chi connectivity index (χ1v) is 8.29. The molecule has 2 rings (SSSR count). The molecule has 0 saturated heterocycles. The first-order chi connectivity index (χ1) is 9.39. The summed E-state index contributed by atoms with van der Waals surface area (Å²) in [6.45, 7) is 7.51. The maximum Gasteiger partial charge on any atom is 0.224 e. The monoisotopic (exact) mass is 294 g/mol. The molecule has 1 aromatic rings. The summed E-state index contributed by atoms with van der Waals surface area (Å²) in [5.74, 6) is 0.0118. The Kier molecular flexibility index (Phi) is 4.86. The Balaban J connectivity index is 1.87. The SMILES string of the molecule is CC(C)(C)CC(CN)C(=O)NCc1cc2c(s1)CCC2. The van der Waals surface area contributed by atoms with Gasteiger partial charge in [-0.3, -0.25) is 4.79 Å². The van der Waals surface area contributed by atoms with Crippen molar-refractivity contribution in [1.82, 2.24) is 5.32 Å². The van der Waals surface area contributed by atoms with Crippen molar-refractivity contribution >= 4 is 17.2 Å². The van der Waals surface area contributed by atoms with E-state index in [4.69, 9.17) is 5.73 Å². The van der Waals surface area contributed by atoms with E-state index in [1.807, 2.05) is 11.3 Å². The molecule has 1 heterocycles. The molecule has 1 aliphatic rings. The van der Waals surface area contributed by atoms with E-state index < -0.39 is 0 Å². The van der Waals surface area contributed by atoms with Crippen molar-refractivity contribution in [3.63, 3.8) is 0 Å². The van der Waals surface area contributed by atoms with Crippen LogP contribution >= 0.6 is 11.3 Å². The van der Waals surface area contributed by atoms with Crippen LogP contribution in [-0.4, -0.2) is 12.5 Å². The van der Waals surface area contributed by atoms with Crippen LogP contribution in [0.1, 0.15) is 48.9 Å². The van der Waals surface area contributed by atoms with Crippen molar-refractivity contribution in [2.45, 2.75) is 53.0 Å². The van der Waals surface area contributed by atoms with Crippen LogP contribution in [0.15, 0.2) is 6.07 Å². The predicted octanol–water partition coefficient (Wildman–Crippen LogP) is 2.86. The standard InChI is InChI=1S/C16H26N2OS/c1-16(2,3)8-12(9-17)15(19)18-10-13-7-11-5-4-6-14(11)20-13/h7,12H,4-6,8-10,17H2,1-3H3,(H,18,19). The maximum absolute atomic E-state index is 12.2. The van der Waals surface area contributed by atoms with E-state index in [2.05, 4.69) is 32.2 Å². The second-order valence-electron chi connectivity index (χ2n) is 6.93. The van der Waals surface area contributed by atoms with Gasteiger partial charge in [-0.25, -0.2) is 0 Å². The molecule has 3 nitrogen and oxygen atoms in total. The van der Waals surface area contributed by atoms with Gasteiger partial charge in [0.05, 0.1) is 12.5 Å². The van der Waals surface area contributed by atoms with E-state index in [1.54, 1.807) is 0 Å². The molecule has 112 valence electrons. The van der Waals surface area contributed by atoms with Gasteiger partial charge in [0.2, 0.25) is 5.91 Å². The normalized spacial score (nSPS) is 16.0. The van der Waals surface area contributed by atoms with Crippen molar-refractivity contribution in [3.8, 4) is 0 Å². The Morgan fingerprint density at radius 2 is 2.20 bits per heavy atom. The third-order valence-corrected chi connectivity index (χ3v) is 4.99. The number of aryl methyl sites for hydroxylation is 2. The fourth-order valence-corrected chi connectivity index (χ4v) is 4.02. The Morgan fingerprint density at radius 3 is 2.80 bits per heavy atom. The van der Waals surface area contributed by atoms with Crippen LogP contribution in [0.5, 0.6) is 0 Å². The van der Waals surface area contributed by atoms with Crippen LogP contribution in [0.2, 0.25) is 0 Å². The highest BCUT2D eigenvalue weighted by Crippen LogP contribution is 2.30. The molecule has 3 N–H and O–H groups in total. The average molecular weight is 294 g/mol. The van der Waals surface area contributed by atoms with Gasteiger partial charge in [0.25, 0.3) is 0 Å². The number of fused-ring (bicyclic) bond motifs is 1. The number of carbonyl (C=O) groups excluding carboxylic acids is 1. The zero-order valence-corrected chi connectivity index (χ0v) is 13.6. The lowest BCUT2D eigenvalue weighted by Crippen LogP contribution is -2.36. The fourth-order valence-electron chi connectivity index (χ4n) is 2.82. The minimum Gasteiger partial charge on any atom is -0.351 e. The Morgan fingerprint density at radius 1 is 1.45 bits per heavy atom. The van der Waals surface area contributed by atoms with E-state index in [0.717, 1.165) is 6.42 Å². The number of amides is 1. The molecule has 0 fully saturated rings. The predicted molar refractivity (Wildman–Crippen MR) is 84.8 cm³/mol. The quantitative estimate of drug-likeness (QED) is 0.877. The fraction of sp³-hybridized carbons (Fsp3) is 0.688. The second kappa shape index (κ2) is 6.27. The summed E-state index contributed by atoms with van der Waals surface area (Å²) in [7, 11) is 0. The molecular formula is C16H26N2OS. The Bertz CT molecular complexity index is 452. The van der Waals surface area contributed by atoms with Crippen LogP contribution in [-0.2, 0) is 24.2 Å². The van der Waals surface area contributed by atoms with Gasteiger partial charge in [0.1, 0.15) is 0 Å². The van der Waals surface area contributed by atoms with Crippen LogP contribution < -0.4 is 11.1 Å². The molecule has 1 aliphatic carbocycles. The van der Waals surface area contributed by atoms with E-state index in [9.17, 15) is 4.79 Å². The molecule has 1 amide bonds. The van der Waals surface area contributed by atoms with Crippen molar-refractivity contribution in [1.29, 1.82) is 0 Å². The molecule has 0 saturated carbocycles. The van der Waals surface area contributed by atoms with Crippen molar-refractivity contribution in [2.75, 3.05) is 6.54 Å². The molecule has 0 aliphatic heterocycles. The summed E-state index contributed by atoms with van der Waals surface area (Å²) in [6.07, 6.45) is 4.53. The van der Waals surface area contributed by atoms with E-state index >= 15 is 0 Å². The minimum atomic E-state index is -0.0817. The third-order valence-electron chi connectivity index (χ3n) is 3.75. The smallest absolute Gasteiger partial charge is 0.224 e. The largest absolute Gasteiger partial charge is 0.351 e. The first kappa shape index (κ1) is 15.5. The van der Waals surface area contributed by atoms with Crippen molar-refractivity contribution < 1.29 is 4.79 Å². The summed E-state index contributed by atoms with van der Waals surface area (Å²) in [6, 6.07) is 2.26. The lowest BCUT2D eigenvalue weighted by molar-refractivity contribution is -0.125. The number of carbonyl (C=O) groups is 1. The zero-order valence-electron chi connectivity index (χ0n) is 12.8. The van der Waals surface area contributed by atoms with Gasteiger partial charge in [0, 0.05) is 16.3 Å². The molecule has 1 atom stereocenters. The molecule has 20 heavy (non-hydrogen) atoms. The van der Waals surface area contributed by atoms with Crippen LogP contribution in [0, 0.1) is 11.3 Å². The van der Waals surface area contributed by atoms with Gasteiger partial charge in [-0.15, -0.1) is 11.3 Å². The molecule has 1 unspecified atom stereocenters. The minimum absolute atomic E-state index is 0.0817. The number of thiophene rings is 1. The van der Waals surface area contributed by atoms with Gasteiger partial charge in [-0.2, -0.15) is 0 Å². The zero-order chi connectivity index (χ0) is 14.8. The number of hydrogen-bond acceptors (Lipinski definition) is 3. The average Bonchev–Trinajstić information content (AvgIpc) is 2.92. The second-order valence-corrected chi connectivity index (χ2v) is 8.15. The van der Waals surface area contributed by atoms with E-state index in [1.165, 1.54) is 34.6 Å². The molecule has 0 bridgehead atoms. The highest BCUT2D eigenvalue weighted by atomic mass is 32.1. The summed E-state index contributed by atoms with van der Waals surface area (Å²) in [4.78, 5) is 15.0. The molecule has 0 radical (unpaired) electrons. The lowest BCUT2D eigenvalue weighted by Gasteiger charge is -2.24. The number of hydrogen-bond donors (Lipinski definition) is 2. The van der Waals surface area contributed by atoms with Gasteiger partial charge in [0.15, 0.2) is 0 Å². The highest BCUT2D eigenvalue weighted by molar-refractivity contribution is 7.12. The molecule has 0 spiro atoms. The highest BCUT2D eigenvalue weighted by Gasteiger charge is 2.24. The topological polar surface area (TPSA) is 55.1 Å². The first-order valence-electron chi connectivity index (χ1n) is 7.47. The van der Waals surface area contributed by atoms with Crippen molar-refractivity contribution in [3.05, 3.63) is 21.4 Å². The van der Waals surface area contributed by atoms with E-state index in [0.29, 0.717) is 13.1 Å². The van der Waals surface area contributed by atoms with Gasteiger partial charge in [-0.1, -0.05) is 20.8 Å². The molecular weight excluding hydrogens is 268 g/mol. The number of nitrogens with one attached hydrogen (secondary N) is 1. The van der Waals surface area contributed by atoms with Gasteiger partial charge < -0.3 is 11.1 Å². The van der Waals surface area contributed by atoms with Gasteiger partial charge in [-0.05, 0) is 42.7 Å². The Labute approximate surface area is 125 Å². The molecule has 4 heteroatoms. The van der Waals surface area contributed by atoms with Crippen LogP contribution in [0.25, 0.3) is 0 Å². The summed E-state index contributed by atoms with van der Waals surface area (Å²) in [5.41, 5.74) is 7.37. The number of nitrogens with two attached hydrogens (primary N) is 1. The van der Waals surface area contributed by atoms with Crippen molar-refractivity contribution in [2.24, 2.45) is 17.1 Å². The summed E-state index contributed by atoms with van der Waals surface area (Å²) < 4.78 is 0. The Hall–Kier alpha value is -0.870. The molecule has 0 aromatic carbocycles. The van der Waals surface area contributed by atoms with Gasteiger partial charge >= 0.3 is 0 Å². The van der Waals surface area contributed by atoms with E-state index in [-0.39, 0.29) is 17.2 Å². The lowest BCUT2D eigenvalue weighted by atomic mass is 9.84. The molecule has 1 aromatic heterocycles. The number of rotatable bonds is 5. The van der Waals surface area contributed by atoms with Crippen LogP contribution in [0.3, 0.4) is 0 Å². The van der Waals surface area contributed by atoms with Crippen LogP contribution in [0.4, 0.5) is 0 Å². The summed E-state index contributed by atoms with van der Waals surface area (Å²) >= 11 is 1.85. The third kappa shape index (κ3) is 4.06.